The molecule has 0 heterocycles. The first-order valence-corrected chi connectivity index (χ1v) is 9.21. The number of carboxylic acids is 1. The molecule has 4 rings (SSSR count). The summed E-state index contributed by atoms with van der Waals surface area (Å²) in [5.41, 5.74) is 5.56. The van der Waals surface area contributed by atoms with E-state index in [4.69, 9.17) is 0 Å². The number of carboxylic acid groups (broad SMARTS) is 1. The Kier molecular flexibility index (Phi) is 4.77. The molecule has 0 aliphatic heterocycles. The summed E-state index contributed by atoms with van der Waals surface area (Å²) >= 11 is 0. The van der Waals surface area contributed by atoms with Gasteiger partial charge in [0.1, 0.15) is 0 Å². The molecule has 0 radical (unpaired) electrons. The summed E-state index contributed by atoms with van der Waals surface area (Å²) in [5.74, 6) is -0.890. The van der Waals surface area contributed by atoms with Crippen LogP contribution in [-0.2, 0) is 0 Å². The molecule has 0 spiro atoms. The smallest absolute Gasteiger partial charge is 0.335 e. The van der Waals surface area contributed by atoms with Gasteiger partial charge in [-0.05, 0) is 63.7 Å². The SMILES string of the molecule is Cc1cc(-c2ccc3cc(/C=C/c4ccccc4)ccc3c2)ccc1C(=O)O. The monoisotopic (exact) mass is 364 g/mol. The van der Waals surface area contributed by atoms with Crippen LogP contribution in [0.2, 0.25) is 0 Å². The van der Waals surface area contributed by atoms with Crippen LogP contribution in [0, 0.1) is 6.92 Å². The molecular formula is C26H20O2. The van der Waals surface area contributed by atoms with Gasteiger partial charge in [-0.3, -0.25) is 0 Å². The highest BCUT2D eigenvalue weighted by atomic mass is 16.4. The average Bonchev–Trinajstić information content (AvgIpc) is 2.72. The second-order valence-electron chi connectivity index (χ2n) is 6.90. The standard InChI is InChI=1S/C26H20O2/c1-18-15-21(13-14-25(18)26(27)28)24-12-11-22-16-20(9-10-23(22)17-24)8-7-19-5-3-2-4-6-19/h2-17H,1H3,(H,27,28)/b8-7+. The van der Waals surface area contributed by atoms with Crippen LogP contribution in [0.5, 0.6) is 0 Å². The van der Waals surface area contributed by atoms with E-state index >= 15 is 0 Å². The summed E-state index contributed by atoms with van der Waals surface area (Å²) in [4.78, 5) is 11.2. The zero-order chi connectivity index (χ0) is 19.5. The minimum atomic E-state index is -0.890. The third-order valence-corrected chi connectivity index (χ3v) is 4.92. The van der Waals surface area contributed by atoms with E-state index in [1.165, 1.54) is 10.9 Å². The number of aromatic carboxylic acids is 1. The van der Waals surface area contributed by atoms with E-state index in [2.05, 4.69) is 60.7 Å². The molecule has 2 nitrogen and oxygen atoms in total. The molecule has 4 aromatic carbocycles. The van der Waals surface area contributed by atoms with Crippen LogP contribution in [0.1, 0.15) is 27.0 Å². The molecule has 0 atom stereocenters. The number of hydrogen-bond donors (Lipinski definition) is 1. The highest BCUT2D eigenvalue weighted by molar-refractivity contribution is 5.92. The summed E-state index contributed by atoms with van der Waals surface area (Å²) in [5, 5.41) is 11.5. The number of fused-ring (bicyclic) bond motifs is 1. The number of carbonyl (C=O) groups is 1. The van der Waals surface area contributed by atoms with Gasteiger partial charge in [0.15, 0.2) is 0 Å². The van der Waals surface area contributed by atoms with Crippen LogP contribution in [0.15, 0.2) is 84.9 Å². The Balaban J connectivity index is 1.64. The average molecular weight is 364 g/mol. The minimum absolute atomic E-state index is 0.347. The molecule has 0 aromatic heterocycles. The highest BCUT2D eigenvalue weighted by Gasteiger charge is 2.08. The molecule has 0 bridgehead atoms. The van der Waals surface area contributed by atoms with Crippen LogP contribution in [0.3, 0.4) is 0 Å². The lowest BCUT2D eigenvalue weighted by Gasteiger charge is -2.08. The first-order chi connectivity index (χ1) is 13.6. The molecule has 0 unspecified atom stereocenters. The maximum absolute atomic E-state index is 11.2. The Morgan fingerprint density at radius 2 is 1.36 bits per heavy atom. The zero-order valence-corrected chi connectivity index (χ0v) is 15.6. The van der Waals surface area contributed by atoms with Crippen molar-refractivity contribution in [1.29, 1.82) is 0 Å². The van der Waals surface area contributed by atoms with E-state index in [1.807, 2.05) is 37.3 Å². The van der Waals surface area contributed by atoms with Gasteiger partial charge in [-0.2, -0.15) is 0 Å². The van der Waals surface area contributed by atoms with Gasteiger partial charge in [0.05, 0.1) is 5.56 Å². The normalized spacial score (nSPS) is 11.2. The minimum Gasteiger partial charge on any atom is -0.478 e. The second-order valence-corrected chi connectivity index (χ2v) is 6.90. The lowest BCUT2D eigenvalue weighted by Crippen LogP contribution is -1.99. The molecule has 0 saturated heterocycles. The second kappa shape index (κ2) is 7.53. The Morgan fingerprint density at radius 3 is 2.11 bits per heavy atom. The number of aryl methyl sites for hydroxylation is 1. The van der Waals surface area contributed by atoms with Gasteiger partial charge in [-0.15, -0.1) is 0 Å². The van der Waals surface area contributed by atoms with E-state index in [0.29, 0.717) is 5.56 Å². The van der Waals surface area contributed by atoms with Crippen LogP contribution < -0.4 is 0 Å². The fraction of sp³-hybridized carbons (Fsp3) is 0.0385. The van der Waals surface area contributed by atoms with Gasteiger partial charge < -0.3 is 5.11 Å². The summed E-state index contributed by atoms with van der Waals surface area (Å²) in [6.45, 7) is 1.83. The van der Waals surface area contributed by atoms with Gasteiger partial charge in [0.25, 0.3) is 0 Å². The Bertz CT molecular complexity index is 1190. The van der Waals surface area contributed by atoms with Crippen molar-refractivity contribution in [3.8, 4) is 11.1 Å². The van der Waals surface area contributed by atoms with E-state index in [0.717, 1.165) is 27.6 Å². The Morgan fingerprint density at radius 1 is 0.714 bits per heavy atom. The Labute approximate surface area is 164 Å². The molecule has 0 aliphatic carbocycles. The molecule has 0 amide bonds. The van der Waals surface area contributed by atoms with Crippen molar-refractivity contribution in [3.05, 3.63) is 107 Å². The van der Waals surface area contributed by atoms with E-state index in [-0.39, 0.29) is 0 Å². The number of rotatable bonds is 4. The molecule has 4 aromatic rings. The quantitative estimate of drug-likeness (QED) is 0.410. The molecule has 0 fully saturated rings. The van der Waals surface area contributed by atoms with Gasteiger partial charge >= 0.3 is 5.97 Å². The van der Waals surface area contributed by atoms with Crippen LogP contribution >= 0.6 is 0 Å². The lowest BCUT2D eigenvalue weighted by atomic mass is 9.97. The lowest BCUT2D eigenvalue weighted by molar-refractivity contribution is 0.0696. The number of benzene rings is 4. The Hall–Kier alpha value is -3.65. The maximum atomic E-state index is 11.2. The van der Waals surface area contributed by atoms with Crippen molar-refractivity contribution in [1.82, 2.24) is 0 Å². The van der Waals surface area contributed by atoms with Crippen molar-refractivity contribution in [2.45, 2.75) is 6.92 Å². The summed E-state index contributed by atoms with van der Waals surface area (Å²) in [6.07, 6.45) is 4.24. The van der Waals surface area contributed by atoms with Crippen molar-refractivity contribution in [2.75, 3.05) is 0 Å². The number of hydrogen-bond acceptors (Lipinski definition) is 1. The third-order valence-electron chi connectivity index (χ3n) is 4.92. The van der Waals surface area contributed by atoms with Crippen LogP contribution in [0.4, 0.5) is 0 Å². The van der Waals surface area contributed by atoms with E-state index in [9.17, 15) is 9.90 Å². The van der Waals surface area contributed by atoms with Gasteiger partial charge in [-0.1, -0.05) is 78.9 Å². The third kappa shape index (κ3) is 3.72. The van der Waals surface area contributed by atoms with Crippen molar-refractivity contribution >= 4 is 28.9 Å². The largest absolute Gasteiger partial charge is 0.478 e. The molecule has 0 saturated carbocycles. The predicted molar refractivity (Wildman–Crippen MR) is 116 cm³/mol. The summed E-state index contributed by atoms with van der Waals surface area (Å²) in [7, 11) is 0. The van der Waals surface area contributed by atoms with Crippen molar-refractivity contribution in [2.24, 2.45) is 0 Å². The molecule has 136 valence electrons. The predicted octanol–water partition coefficient (Wildman–Crippen LogP) is 6.68. The first kappa shape index (κ1) is 17.7. The zero-order valence-electron chi connectivity index (χ0n) is 15.6. The van der Waals surface area contributed by atoms with Gasteiger partial charge in [-0.25, -0.2) is 4.79 Å². The highest BCUT2D eigenvalue weighted by Crippen LogP contribution is 2.27. The van der Waals surface area contributed by atoms with Crippen molar-refractivity contribution < 1.29 is 9.90 Å². The fourth-order valence-electron chi connectivity index (χ4n) is 3.39. The van der Waals surface area contributed by atoms with Gasteiger partial charge in [0, 0.05) is 0 Å². The topological polar surface area (TPSA) is 37.3 Å². The van der Waals surface area contributed by atoms with Crippen LogP contribution in [0.25, 0.3) is 34.1 Å². The molecule has 28 heavy (non-hydrogen) atoms. The van der Waals surface area contributed by atoms with Crippen LogP contribution in [-0.4, -0.2) is 11.1 Å². The molecule has 0 aliphatic rings. The summed E-state index contributed by atoms with van der Waals surface area (Å²) < 4.78 is 0. The van der Waals surface area contributed by atoms with E-state index in [1.54, 1.807) is 6.07 Å². The summed E-state index contributed by atoms with van der Waals surface area (Å²) in [6, 6.07) is 28.5. The van der Waals surface area contributed by atoms with E-state index < -0.39 is 5.97 Å². The molecular weight excluding hydrogens is 344 g/mol. The first-order valence-electron chi connectivity index (χ1n) is 9.21. The molecule has 1 N–H and O–H groups in total. The fourth-order valence-corrected chi connectivity index (χ4v) is 3.39. The maximum Gasteiger partial charge on any atom is 0.335 e. The van der Waals surface area contributed by atoms with Crippen molar-refractivity contribution in [3.63, 3.8) is 0 Å². The molecule has 2 heteroatoms. The van der Waals surface area contributed by atoms with Gasteiger partial charge in [0.2, 0.25) is 0 Å².